The van der Waals surface area contributed by atoms with Gasteiger partial charge in [0.15, 0.2) is 0 Å². The summed E-state index contributed by atoms with van der Waals surface area (Å²) in [7, 11) is -3.84. The quantitative estimate of drug-likeness (QED) is 0.621. The molecular formula is C22H21FN4O3S. The highest BCUT2D eigenvalue weighted by atomic mass is 32.2. The van der Waals surface area contributed by atoms with Crippen LogP contribution in [0.4, 0.5) is 4.39 Å². The number of halogens is 1. The molecular weight excluding hydrogens is 419 g/mol. The van der Waals surface area contributed by atoms with Gasteiger partial charge in [0.1, 0.15) is 16.8 Å². The van der Waals surface area contributed by atoms with Crippen LogP contribution in [-0.4, -0.2) is 52.8 Å². The van der Waals surface area contributed by atoms with Crippen LogP contribution >= 0.6 is 0 Å². The van der Waals surface area contributed by atoms with Crippen LogP contribution in [0, 0.1) is 5.82 Å². The molecule has 7 nitrogen and oxygen atoms in total. The zero-order valence-electron chi connectivity index (χ0n) is 16.6. The van der Waals surface area contributed by atoms with E-state index in [0.29, 0.717) is 25.3 Å². The van der Waals surface area contributed by atoms with Crippen LogP contribution in [0.3, 0.4) is 0 Å². The molecule has 5 rings (SSSR count). The Labute approximate surface area is 180 Å². The maximum Gasteiger partial charge on any atom is 0.249 e. The largest absolute Gasteiger partial charge is 0.470 e. The predicted octanol–water partition coefficient (Wildman–Crippen LogP) is 2.45. The van der Waals surface area contributed by atoms with Crippen molar-refractivity contribution in [3.05, 3.63) is 84.1 Å². The number of fused-ring (bicyclic) bond motifs is 2. The van der Waals surface area contributed by atoms with E-state index in [1.54, 1.807) is 30.5 Å². The van der Waals surface area contributed by atoms with Crippen molar-refractivity contribution in [2.24, 2.45) is 0 Å². The summed E-state index contributed by atoms with van der Waals surface area (Å²) in [6.45, 7) is 1.74. The van der Waals surface area contributed by atoms with Crippen LogP contribution in [0.1, 0.15) is 11.3 Å². The van der Waals surface area contributed by atoms with Crippen LogP contribution in [-0.2, 0) is 23.1 Å². The average Bonchev–Trinajstić information content (AvgIpc) is 3.12. The average molecular weight is 441 g/mol. The molecule has 0 unspecified atom stereocenters. The van der Waals surface area contributed by atoms with Crippen LogP contribution in [0.25, 0.3) is 0 Å². The lowest BCUT2D eigenvalue weighted by Gasteiger charge is -2.27. The minimum atomic E-state index is -3.84. The summed E-state index contributed by atoms with van der Waals surface area (Å²) < 4.78 is 48.0. The number of hydrogen-bond acceptors (Lipinski definition) is 6. The first kappa shape index (κ1) is 20.0. The van der Waals surface area contributed by atoms with Crippen molar-refractivity contribution in [1.82, 2.24) is 19.2 Å². The standard InChI is InChI=1S/C22H21FN4O3S/c23-17-8-6-16(7-9-17)12-26-14-19-20(15-26)30-22-21(5-3-11-25-22)31(28,29)27(19)13-18-4-1-2-10-24-18/h1-11,19-20H,12-15H2/t19-,20-/m1/s1. The Morgan fingerprint density at radius 2 is 1.77 bits per heavy atom. The number of likely N-dealkylation sites (tertiary alicyclic amines) is 1. The van der Waals surface area contributed by atoms with E-state index in [9.17, 15) is 12.8 Å². The van der Waals surface area contributed by atoms with Crippen LogP contribution in [0.15, 0.2) is 71.9 Å². The number of nitrogens with zero attached hydrogens (tertiary/aromatic N) is 4. The maximum atomic E-state index is 13.6. The second-order valence-electron chi connectivity index (χ2n) is 7.72. The van der Waals surface area contributed by atoms with Crippen molar-refractivity contribution in [2.45, 2.75) is 30.1 Å². The molecule has 0 spiro atoms. The Kier molecular flexibility index (Phi) is 5.17. The molecule has 2 aromatic heterocycles. The number of hydrogen-bond donors (Lipinski definition) is 0. The van der Waals surface area contributed by atoms with Crippen LogP contribution in [0.5, 0.6) is 5.88 Å². The van der Waals surface area contributed by atoms with Crippen molar-refractivity contribution in [1.29, 1.82) is 0 Å². The van der Waals surface area contributed by atoms with E-state index in [1.165, 1.54) is 28.7 Å². The topological polar surface area (TPSA) is 75.6 Å². The van der Waals surface area contributed by atoms with Crippen LogP contribution < -0.4 is 4.74 Å². The van der Waals surface area contributed by atoms with E-state index >= 15 is 0 Å². The molecule has 0 saturated carbocycles. The molecule has 9 heteroatoms. The molecule has 0 radical (unpaired) electrons. The predicted molar refractivity (Wildman–Crippen MR) is 111 cm³/mol. The van der Waals surface area contributed by atoms with Gasteiger partial charge in [0.05, 0.1) is 18.3 Å². The van der Waals surface area contributed by atoms with Gasteiger partial charge in [-0.1, -0.05) is 18.2 Å². The highest BCUT2D eigenvalue weighted by Crippen LogP contribution is 2.35. The molecule has 0 bridgehead atoms. The normalized spacial score (nSPS) is 22.9. The molecule has 2 aliphatic rings. The summed E-state index contributed by atoms with van der Waals surface area (Å²) in [5.74, 6) is -0.154. The summed E-state index contributed by atoms with van der Waals surface area (Å²) in [4.78, 5) is 10.7. The van der Waals surface area contributed by atoms with E-state index in [-0.39, 0.29) is 29.2 Å². The maximum absolute atomic E-state index is 13.6. The van der Waals surface area contributed by atoms with Gasteiger partial charge >= 0.3 is 0 Å². The summed E-state index contributed by atoms with van der Waals surface area (Å²) in [6, 6.07) is 14.5. The molecule has 2 aliphatic heterocycles. The third kappa shape index (κ3) is 3.91. The fourth-order valence-electron chi connectivity index (χ4n) is 4.16. The molecule has 0 N–H and O–H groups in total. The number of benzene rings is 1. The molecule has 0 aliphatic carbocycles. The first-order chi connectivity index (χ1) is 15.0. The SMILES string of the molecule is O=S1(=O)c2cccnc2O[C@@H]2CN(Cc3ccc(F)cc3)C[C@H]2N1Cc1ccccn1. The van der Waals surface area contributed by atoms with Gasteiger partial charge in [-0.05, 0) is 42.0 Å². The lowest BCUT2D eigenvalue weighted by atomic mass is 10.2. The highest BCUT2D eigenvalue weighted by molar-refractivity contribution is 7.89. The Bertz CT molecular complexity index is 1170. The van der Waals surface area contributed by atoms with Crippen molar-refractivity contribution in [2.75, 3.05) is 13.1 Å². The first-order valence-electron chi connectivity index (χ1n) is 10.0. The molecule has 4 heterocycles. The van der Waals surface area contributed by atoms with E-state index in [0.717, 1.165) is 5.56 Å². The van der Waals surface area contributed by atoms with Gasteiger partial charge in [-0.2, -0.15) is 4.31 Å². The summed E-state index contributed by atoms with van der Waals surface area (Å²) in [5.41, 5.74) is 1.62. The molecule has 1 saturated heterocycles. The second kappa shape index (κ2) is 7.99. The third-order valence-electron chi connectivity index (χ3n) is 5.63. The zero-order valence-corrected chi connectivity index (χ0v) is 17.5. The Balaban J connectivity index is 1.49. The lowest BCUT2D eigenvalue weighted by Crippen LogP contribution is -2.46. The van der Waals surface area contributed by atoms with Crippen molar-refractivity contribution in [3.63, 3.8) is 0 Å². The fraction of sp³-hybridized carbons (Fsp3) is 0.273. The van der Waals surface area contributed by atoms with Gasteiger partial charge in [-0.25, -0.2) is 17.8 Å². The smallest absolute Gasteiger partial charge is 0.249 e. The number of ether oxygens (including phenoxy) is 1. The second-order valence-corrected chi connectivity index (χ2v) is 9.58. The van der Waals surface area contributed by atoms with E-state index in [4.69, 9.17) is 4.74 Å². The number of aromatic nitrogens is 2. The third-order valence-corrected chi connectivity index (χ3v) is 7.52. The van der Waals surface area contributed by atoms with Gasteiger partial charge in [0, 0.05) is 32.0 Å². The fourth-order valence-corrected chi connectivity index (χ4v) is 5.85. The summed E-state index contributed by atoms with van der Waals surface area (Å²) in [5, 5.41) is 0. The molecule has 31 heavy (non-hydrogen) atoms. The molecule has 160 valence electrons. The Morgan fingerprint density at radius 1 is 0.968 bits per heavy atom. The molecule has 1 fully saturated rings. The van der Waals surface area contributed by atoms with Gasteiger partial charge in [0.25, 0.3) is 0 Å². The van der Waals surface area contributed by atoms with E-state index < -0.39 is 16.1 Å². The van der Waals surface area contributed by atoms with Gasteiger partial charge < -0.3 is 4.74 Å². The zero-order chi connectivity index (χ0) is 21.4. The Hall–Kier alpha value is -2.88. The number of pyridine rings is 2. The van der Waals surface area contributed by atoms with E-state index in [2.05, 4.69) is 14.9 Å². The van der Waals surface area contributed by atoms with E-state index in [1.807, 2.05) is 12.1 Å². The van der Waals surface area contributed by atoms with Crippen LogP contribution in [0.2, 0.25) is 0 Å². The summed E-state index contributed by atoms with van der Waals surface area (Å²) in [6.07, 6.45) is 2.80. The minimum Gasteiger partial charge on any atom is -0.470 e. The Morgan fingerprint density at radius 3 is 2.55 bits per heavy atom. The minimum absolute atomic E-state index is 0.0745. The molecule has 2 atom stereocenters. The van der Waals surface area contributed by atoms with Gasteiger partial charge in [0.2, 0.25) is 15.9 Å². The summed E-state index contributed by atoms with van der Waals surface area (Å²) >= 11 is 0. The number of sulfonamides is 1. The van der Waals surface area contributed by atoms with Crippen molar-refractivity contribution < 1.29 is 17.5 Å². The number of rotatable bonds is 4. The first-order valence-corrected chi connectivity index (χ1v) is 11.4. The molecule has 1 aromatic carbocycles. The van der Waals surface area contributed by atoms with Crippen molar-refractivity contribution >= 4 is 10.0 Å². The molecule has 0 amide bonds. The monoisotopic (exact) mass is 440 g/mol. The van der Waals surface area contributed by atoms with Gasteiger partial charge in [-0.15, -0.1) is 0 Å². The van der Waals surface area contributed by atoms with Gasteiger partial charge in [-0.3, -0.25) is 9.88 Å². The lowest BCUT2D eigenvalue weighted by molar-refractivity contribution is 0.143. The molecule has 3 aromatic rings. The van der Waals surface area contributed by atoms with Crippen molar-refractivity contribution in [3.8, 4) is 5.88 Å². The highest BCUT2D eigenvalue weighted by Gasteiger charge is 2.47.